The van der Waals surface area contributed by atoms with Crippen LogP contribution in [0, 0.1) is 0 Å². The van der Waals surface area contributed by atoms with Gasteiger partial charge >= 0.3 is 5.97 Å². The number of ketones is 1. The van der Waals surface area contributed by atoms with Gasteiger partial charge in [-0.3, -0.25) is 4.79 Å². The summed E-state index contributed by atoms with van der Waals surface area (Å²) in [5.74, 6) is -0.676. The molecule has 0 radical (unpaired) electrons. The van der Waals surface area contributed by atoms with Crippen LogP contribution in [0.2, 0.25) is 0 Å². The van der Waals surface area contributed by atoms with Gasteiger partial charge < -0.3 is 33.6 Å². The molecule has 8 nitrogen and oxygen atoms in total. The van der Waals surface area contributed by atoms with Crippen molar-refractivity contribution in [3.8, 4) is 0 Å². The Balaban J connectivity index is 1.83. The van der Waals surface area contributed by atoms with Crippen molar-refractivity contribution in [2.24, 2.45) is 0 Å². The molecule has 1 heterocycles. The van der Waals surface area contributed by atoms with Crippen LogP contribution < -0.4 is 0 Å². The van der Waals surface area contributed by atoms with E-state index in [-0.39, 0.29) is 38.4 Å². The van der Waals surface area contributed by atoms with E-state index in [9.17, 15) is 14.7 Å². The quantitative estimate of drug-likeness (QED) is 0.471. The largest absolute Gasteiger partial charge is 0.454 e. The maximum Gasteiger partial charge on any atom is 0.306 e. The summed E-state index contributed by atoms with van der Waals surface area (Å²) >= 11 is 0. The van der Waals surface area contributed by atoms with Gasteiger partial charge in [0, 0.05) is 13.5 Å². The summed E-state index contributed by atoms with van der Waals surface area (Å²) in [5, 5.41) is 10.0. The summed E-state index contributed by atoms with van der Waals surface area (Å²) in [6.07, 6.45) is -4.22. The molecule has 5 atom stereocenters. The number of carbonyl (C=O) groups is 2. The fourth-order valence-corrected chi connectivity index (χ4v) is 3.75. The molecule has 2 aromatic rings. The molecule has 0 saturated carbocycles. The Bertz CT molecular complexity index is 888. The van der Waals surface area contributed by atoms with Crippen LogP contribution in [0.3, 0.4) is 0 Å². The molecule has 3 rings (SSSR count). The predicted molar refractivity (Wildman–Crippen MR) is 123 cm³/mol. The first-order valence-electron chi connectivity index (χ1n) is 11.3. The van der Waals surface area contributed by atoms with Crippen LogP contribution in [-0.2, 0) is 46.5 Å². The monoisotopic (exact) mass is 472 g/mol. The zero-order valence-corrected chi connectivity index (χ0v) is 19.5. The van der Waals surface area contributed by atoms with Crippen LogP contribution in [0.15, 0.2) is 60.7 Å². The Hall–Kier alpha value is -2.62. The second kappa shape index (κ2) is 13.3. The molecule has 2 aromatic carbocycles. The summed E-state index contributed by atoms with van der Waals surface area (Å²) in [5.41, 5.74) is 1.86. The average molecular weight is 473 g/mol. The van der Waals surface area contributed by atoms with E-state index in [0.717, 1.165) is 11.1 Å². The maximum absolute atomic E-state index is 12.5. The van der Waals surface area contributed by atoms with E-state index in [1.54, 1.807) is 0 Å². The molecule has 0 aliphatic carbocycles. The molecule has 0 amide bonds. The fraction of sp³-hybridized carbons (Fsp3) is 0.462. The first-order valence-corrected chi connectivity index (χ1v) is 11.3. The number of carbonyl (C=O) groups excluding carboxylic acids is 2. The standard InChI is InChI=1S/C26H32O8/c1-18(28)13-14-22(29)34-25-24(32-17-20-11-7-4-8-12-20)23(21(15-27)33-26(25)30-2)31-16-19-9-5-3-6-10-19/h3-12,21,23-27H,13-17H2,1-2H3/t21-,23-,24+,25-,26-/m1/s1. The number of esters is 1. The minimum absolute atomic E-state index is 0.0629. The Morgan fingerprint density at radius 2 is 1.41 bits per heavy atom. The van der Waals surface area contributed by atoms with Crippen molar-refractivity contribution >= 4 is 11.8 Å². The van der Waals surface area contributed by atoms with E-state index < -0.39 is 36.7 Å². The van der Waals surface area contributed by atoms with Gasteiger partial charge in [-0.15, -0.1) is 0 Å². The van der Waals surface area contributed by atoms with Crippen LogP contribution in [0.25, 0.3) is 0 Å². The molecule has 1 saturated heterocycles. The van der Waals surface area contributed by atoms with E-state index in [0.29, 0.717) is 0 Å². The highest BCUT2D eigenvalue weighted by Crippen LogP contribution is 2.30. The lowest BCUT2D eigenvalue weighted by Gasteiger charge is -2.44. The third kappa shape index (κ3) is 7.44. The van der Waals surface area contributed by atoms with Gasteiger partial charge in [-0.25, -0.2) is 0 Å². The average Bonchev–Trinajstić information content (AvgIpc) is 2.86. The molecule has 34 heavy (non-hydrogen) atoms. The molecule has 8 heteroatoms. The third-order valence-electron chi connectivity index (χ3n) is 5.52. The van der Waals surface area contributed by atoms with Gasteiger partial charge in [-0.2, -0.15) is 0 Å². The normalized spacial score (nSPS) is 24.5. The Labute approximate surface area is 199 Å². The van der Waals surface area contributed by atoms with E-state index in [1.165, 1.54) is 14.0 Å². The van der Waals surface area contributed by atoms with Gasteiger partial charge in [0.15, 0.2) is 12.4 Å². The summed E-state index contributed by atoms with van der Waals surface area (Å²) in [7, 11) is 1.43. The predicted octanol–water partition coefficient (Wildman–Crippen LogP) is 2.80. The molecule has 0 spiro atoms. The molecule has 0 unspecified atom stereocenters. The topological polar surface area (TPSA) is 101 Å². The van der Waals surface area contributed by atoms with E-state index >= 15 is 0 Å². The molecule has 184 valence electrons. The van der Waals surface area contributed by atoms with E-state index in [2.05, 4.69) is 0 Å². The molecule has 0 aromatic heterocycles. The number of hydrogen-bond donors (Lipinski definition) is 1. The van der Waals surface area contributed by atoms with Crippen LogP contribution in [-0.4, -0.2) is 61.3 Å². The van der Waals surface area contributed by atoms with Crippen molar-refractivity contribution in [2.75, 3.05) is 13.7 Å². The molecule has 1 N–H and O–H groups in total. The number of methoxy groups -OCH3 is 1. The maximum atomic E-state index is 12.5. The summed E-state index contributed by atoms with van der Waals surface area (Å²) in [6, 6.07) is 19.1. The van der Waals surface area contributed by atoms with Crippen LogP contribution in [0.4, 0.5) is 0 Å². The Morgan fingerprint density at radius 3 is 1.91 bits per heavy atom. The minimum Gasteiger partial charge on any atom is -0.454 e. The third-order valence-corrected chi connectivity index (χ3v) is 5.52. The first-order chi connectivity index (χ1) is 16.5. The number of ether oxygens (including phenoxy) is 5. The number of aliphatic hydroxyl groups excluding tert-OH is 1. The van der Waals surface area contributed by atoms with Crippen LogP contribution in [0.5, 0.6) is 0 Å². The van der Waals surface area contributed by atoms with E-state index in [1.807, 2.05) is 60.7 Å². The second-order valence-electron chi connectivity index (χ2n) is 8.14. The number of rotatable bonds is 12. The lowest BCUT2D eigenvalue weighted by molar-refractivity contribution is -0.314. The number of aliphatic hydroxyl groups is 1. The smallest absolute Gasteiger partial charge is 0.306 e. The molecular formula is C26H32O8. The highest BCUT2D eigenvalue weighted by molar-refractivity contribution is 5.81. The summed E-state index contributed by atoms with van der Waals surface area (Å²) < 4.78 is 29.4. The van der Waals surface area contributed by atoms with Gasteiger partial charge in [0.25, 0.3) is 0 Å². The van der Waals surface area contributed by atoms with Crippen molar-refractivity contribution in [3.05, 3.63) is 71.8 Å². The molecule has 1 aliphatic heterocycles. The number of hydrogen-bond acceptors (Lipinski definition) is 8. The van der Waals surface area contributed by atoms with Crippen LogP contribution >= 0.6 is 0 Å². The molecular weight excluding hydrogens is 440 g/mol. The lowest BCUT2D eigenvalue weighted by Crippen LogP contribution is -2.61. The minimum atomic E-state index is -0.976. The highest BCUT2D eigenvalue weighted by Gasteiger charge is 2.49. The Kier molecular flexibility index (Phi) is 10.2. The number of benzene rings is 2. The summed E-state index contributed by atoms with van der Waals surface area (Å²) in [4.78, 5) is 23.8. The van der Waals surface area contributed by atoms with Crippen molar-refractivity contribution in [2.45, 2.75) is 63.7 Å². The first kappa shape index (κ1) is 26.0. The van der Waals surface area contributed by atoms with Crippen molar-refractivity contribution in [1.29, 1.82) is 0 Å². The number of Topliss-reactive ketones (excluding diaryl/α,β-unsaturated/α-hetero) is 1. The van der Waals surface area contributed by atoms with Crippen molar-refractivity contribution in [1.82, 2.24) is 0 Å². The van der Waals surface area contributed by atoms with Gasteiger partial charge in [0.05, 0.1) is 26.2 Å². The van der Waals surface area contributed by atoms with Gasteiger partial charge in [0.1, 0.15) is 24.1 Å². The zero-order valence-electron chi connectivity index (χ0n) is 19.5. The summed E-state index contributed by atoms with van der Waals surface area (Å²) in [6.45, 7) is 1.56. The van der Waals surface area contributed by atoms with Crippen molar-refractivity contribution in [3.63, 3.8) is 0 Å². The van der Waals surface area contributed by atoms with Crippen LogP contribution in [0.1, 0.15) is 30.9 Å². The second-order valence-corrected chi connectivity index (χ2v) is 8.14. The van der Waals surface area contributed by atoms with Gasteiger partial charge in [-0.05, 0) is 18.1 Å². The molecule has 0 bridgehead atoms. The highest BCUT2D eigenvalue weighted by atomic mass is 16.7. The molecule has 1 aliphatic rings. The molecule has 1 fully saturated rings. The SMILES string of the molecule is CO[C@@H]1O[C@H](CO)[C@@H](OCc2ccccc2)[C@H](OCc2ccccc2)[C@H]1OC(=O)CCC(C)=O. The van der Waals surface area contributed by atoms with Crippen molar-refractivity contribution < 1.29 is 38.4 Å². The lowest BCUT2D eigenvalue weighted by atomic mass is 9.98. The Morgan fingerprint density at radius 1 is 0.853 bits per heavy atom. The fourth-order valence-electron chi connectivity index (χ4n) is 3.75. The van der Waals surface area contributed by atoms with Gasteiger partial charge in [0.2, 0.25) is 0 Å². The zero-order chi connectivity index (χ0) is 24.3. The van der Waals surface area contributed by atoms with Gasteiger partial charge in [-0.1, -0.05) is 60.7 Å². The van der Waals surface area contributed by atoms with E-state index in [4.69, 9.17) is 23.7 Å².